The molecule has 0 unspecified atom stereocenters. The number of guanidine groups is 1. The smallest absolute Gasteiger partial charge is 0.291 e. The predicted molar refractivity (Wildman–Crippen MR) is 108 cm³/mol. The summed E-state index contributed by atoms with van der Waals surface area (Å²) in [5, 5.41) is 13.5. The van der Waals surface area contributed by atoms with E-state index in [1.54, 1.807) is 18.3 Å². The van der Waals surface area contributed by atoms with Gasteiger partial charge in [0.05, 0.1) is 25.0 Å². The second-order valence-electron chi connectivity index (χ2n) is 6.13. The zero-order valence-electron chi connectivity index (χ0n) is 16.0. The Kier molecular flexibility index (Phi) is 6.46. The van der Waals surface area contributed by atoms with E-state index in [2.05, 4.69) is 26.0 Å². The van der Waals surface area contributed by atoms with Crippen LogP contribution in [0.3, 0.4) is 0 Å². The normalized spacial score (nSPS) is 11.3. The first-order valence-corrected chi connectivity index (χ1v) is 9.08. The Morgan fingerprint density at radius 1 is 1.21 bits per heavy atom. The Bertz CT molecular complexity index is 930. The van der Waals surface area contributed by atoms with Crippen molar-refractivity contribution in [2.24, 2.45) is 12.0 Å². The Balaban J connectivity index is 1.62. The number of benzene rings is 1. The molecular weight excluding hydrogens is 356 g/mol. The molecule has 0 bridgehead atoms. The maximum absolute atomic E-state index is 12.1. The van der Waals surface area contributed by atoms with Crippen molar-refractivity contribution in [1.82, 2.24) is 20.4 Å². The second-order valence-corrected chi connectivity index (χ2v) is 6.13. The predicted octanol–water partition coefficient (Wildman–Crippen LogP) is 2.52. The number of anilines is 1. The lowest BCUT2D eigenvalue weighted by atomic mass is 10.2. The van der Waals surface area contributed by atoms with E-state index in [4.69, 9.17) is 4.42 Å². The molecule has 0 saturated carbocycles. The van der Waals surface area contributed by atoms with Crippen LogP contribution in [0.25, 0.3) is 0 Å². The van der Waals surface area contributed by atoms with Crippen molar-refractivity contribution in [2.45, 2.75) is 20.0 Å². The molecule has 3 rings (SSSR count). The molecule has 0 radical (unpaired) electrons. The number of amides is 1. The summed E-state index contributed by atoms with van der Waals surface area (Å²) in [5.74, 6) is 0.711. The zero-order chi connectivity index (χ0) is 19.8. The third-order valence-corrected chi connectivity index (χ3v) is 4.05. The van der Waals surface area contributed by atoms with Gasteiger partial charge in [-0.15, -0.1) is 0 Å². The van der Waals surface area contributed by atoms with Crippen LogP contribution in [-0.4, -0.2) is 28.2 Å². The van der Waals surface area contributed by atoms with Gasteiger partial charge in [-0.05, 0) is 42.8 Å². The second kappa shape index (κ2) is 9.40. The number of nitrogens with one attached hydrogen (secondary N) is 3. The number of aryl methyl sites for hydroxylation is 1. The molecule has 146 valence electrons. The molecule has 0 spiro atoms. The van der Waals surface area contributed by atoms with E-state index in [-0.39, 0.29) is 11.7 Å². The van der Waals surface area contributed by atoms with Gasteiger partial charge in [0.1, 0.15) is 0 Å². The molecule has 2 heterocycles. The van der Waals surface area contributed by atoms with Gasteiger partial charge < -0.3 is 20.4 Å². The van der Waals surface area contributed by atoms with Crippen LogP contribution in [0.5, 0.6) is 0 Å². The summed E-state index contributed by atoms with van der Waals surface area (Å²) in [6, 6.07) is 12.9. The number of aromatic nitrogens is 2. The van der Waals surface area contributed by atoms with Crippen LogP contribution in [0.2, 0.25) is 0 Å². The van der Waals surface area contributed by atoms with Crippen LogP contribution >= 0.6 is 0 Å². The summed E-state index contributed by atoms with van der Waals surface area (Å²) >= 11 is 0. The Labute approximate surface area is 163 Å². The molecule has 8 nitrogen and oxygen atoms in total. The molecule has 8 heteroatoms. The quantitative estimate of drug-likeness (QED) is 0.432. The highest BCUT2D eigenvalue weighted by molar-refractivity contribution is 6.02. The van der Waals surface area contributed by atoms with Gasteiger partial charge in [-0.1, -0.05) is 12.1 Å². The number of rotatable bonds is 7. The van der Waals surface area contributed by atoms with Gasteiger partial charge in [-0.25, -0.2) is 4.99 Å². The summed E-state index contributed by atoms with van der Waals surface area (Å²) in [5.41, 5.74) is 2.74. The van der Waals surface area contributed by atoms with Crippen LogP contribution in [0.4, 0.5) is 5.69 Å². The molecule has 2 aromatic heterocycles. The molecule has 1 aromatic carbocycles. The molecule has 0 aliphatic rings. The molecule has 0 aliphatic carbocycles. The standard InChI is InChI=1S/C20H24N6O2/c1-3-21-20(23-14-17-9-10-24-26(17)2)22-13-15-6-4-7-16(12-15)25-19(27)18-8-5-11-28-18/h4-12H,3,13-14H2,1-2H3,(H,25,27)(H2,21,22,23). The number of hydrogen-bond acceptors (Lipinski definition) is 4. The van der Waals surface area contributed by atoms with Crippen molar-refractivity contribution >= 4 is 17.6 Å². The van der Waals surface area contributed by atoms with Crippen molar-refractivity contribution < 1.29 is 9.21 Å². The molecule has 0 saturated heterocycles. The number of carbonyl (C=O) groups is 1. The van der Waals surface area contributed by atoms with Crippen molar-refractivity contribution in [1.29, 1.82) is 0 Å². The average molecular weight is 380 g/mol. The fourth-order valence-corrected chi connectivity index (χ4v) is 2.61. The minimum absolute atomic E-state index is 0.275. The number of nitrogens with zero attached hydrogens (tertiary/aromatic N) is 3. The van der Waals surface area contributed by atoms with Crippen molar-refractivity contribution in [3.63, 3.8) is 0 Å². The summed E-state index contributed by atoms with van der Waals surface area (Å²) in [6.07, 6.45) is 3.24. The van der Waals surface area contributed by atoms with Gasteiger partial charge in [0.2, 0.25) is 0 Å². The molecule has 28 heavy (non-hydrogen) atoms. The molecular formula is C20H24N6O2. The van der Waals surface area contributed by atoms with Crippen LogP contribution in [-0.2, 0) is 20.1 Å². The topological polar surface area (TPSA) is 96.5 Å². The van der Waals surface area contributed by atoms with Gasteiger partial charge >= 0.3 is 0 Å². The van der Waals surface area contributed by atoms with Crippen molar-refractivity contribution in [3.05, 3.63) is 71.9 Å². The maximum atomic E-state index is 12.1. The first-order valence-electron chi connectivity index (χ1n) is 9.08. The first-order chi connectivity index (χ1) is 13.7. The highest BCUT2D eigenvalue weighted by atomic mass is 16.3. The van der Waals surface area contributed by atoms with Gasteiger partial charge in [0.15, 0.2) is 11.7 Å². The number of hydrogen-bond donors (Lipinski definition) is 3. The number of aliphatic imine (C=N–C) groups is 1. The maximum Gasteiger partial charge on any atom is 0.291 e. The van der Waals surface area contributed by atoms with E-state index < -0.39 is 0 Å². The molecule has 3 aromatic rings. The van der Waals surface area contributed by atoms with Crippen molar-refractivity contribution in [3.8, 4) is 0 Å². The Morgan fingerprint density at radius 2 is 2.11 bits per heavy atom. The van der Waals surface area contributed by atoms with Gasteiger partial charge in [0, 0.05) is 25.5 Å². The lowest BCUT2D eigenvalue weighted by Gasteiger charge is -2.12. The van der Waals surface area contributed by atoms with E-state index in [0.29, 0.717) is 24.7 Å². The van der Waals surface area contributed by atoms with E-state index in [1.807, 2.05) is 49.0 Å². The minimum atomic E-state index is -0.281. The van der Waals surface area contributed by atoms with Crippen LogP contribution < -0.4 is 16.0 Å². The Hall–Kier alpha value is -3.55. The summed E-state index contributed by atoms with van der Waals surface area (Å²) in [4.78, 5) is 16.7. The largest absolute Gasteiger partial charge is 0.459 e. The zero-order valence-corrected chi connectivity index (χ0v) is 16.0. The van der Waals surface area contributed by atoms with Crippen LogP contribution in [0, 0.1) is 0 Å². The fraction of sp³-hybridized carbons (Fsp3) is 0.250. The van der Waals surface area contributed by atoms with Crippen molar-refractivity contribution in [2.75, 3.05) is 11.9 Å². The first kappa shape index (κ1) is 19.2. The summed E-state index contributed by atoms with van der Waals surface area (Å²) in [6.45, 7) is 3.88. The molecule has 0 fully saturated rings. The minimum Gasteiger partial charge on any atom is -0.459 e. The lowest BCUT2D eigenvalue weighted by molar-refractivity contribution is 0.0996. The lowest BCUT2D eigenvalue weighted by Crippen LogP contribution is -2.37. The number of carbonyl (C=O) groups excluding carboxylic acids is 1. The monoisotopic (exact) mass is 380 g/mol. The molecule has 3 N–H and O–H groups in total. The fourth-order valence-electron chi connectivity index (χ4n) is 2.61. The SMILES string of the molecule is CCNC(=NCc1cccc(NC(=O)c2ccco2)c1)NCc1ccnn1C. The summed E-state index contributed by atoms with van der Waals surface area (Å²) in [7, 11) is 1.91. The van der Waals surface area contributed by atoms with Crippen LogP contribution in [0.15, 0.2) is 64.3 Å². The van der Waals surface area contributed by atoms with E-state index in [0.717, 1.165) is 17.8 Å². The third kappa shape index (κ3) is 5.23. The molecule has 0 atom stereocenters. The van der Waals surface area contributed by atoms with E-state index >= 15 is 0 Å². The highest BCUT2D eigenvalue weighted by Gasteiger charge is 2.09. The number of furan rings is 1. The Morgan fingerprint density at radius 3 is 2.82 bits per heavy atom. The molecule has 0 aliphatic heterocycles. The highest BCUT2D eigenvalue weighted by Crippen LogP contribution is 2.13. The van der Waals surface area contributed by atoms with Gasteiger partial charge in [-0.3, -0.25) is 9.48 Å². The van der Waals surface area contributed by atoms with Gasteiger partial charge in [0.25, 0.3) is 5.91 Å². The van der Waals surface area contributed by atoms with E-state index in [1.165, 1.54) is 6.26 Å². The van der Waals surface area contributed by atoms with E-state index in [9.17, 15) is 4.79 Å². The molecule has 1 amide bonds. The van der Waals surface area contributed by atoms with Gasteiger partial charge in [-0.2, -0.15) is 5.10 Å². The van der Waals surface area contributed by atoms with Crippen LogP contribution in [0.1, 0.15) is 28.7 Å². The third-order valence-electron chi connectivity index (χ3n) is 4.05. The average Bonchev–Trinajstić information content (AvgIpc) is 3.36. The summed E-state index contributed by atoms with van der Waals surface area (Å²) < 4.78 is 6.93.